The Hall–Kier alpha value is -1.41. The van der Waals surface area contributed by atoms with Gasteiger partial charge in [0.05, 0.1) is 5.56 Å². The van der Waals surface area contributed by atoms with Gasteiger partial charge in [0.1, 0.15) is 16.5 Å². The van der Waals surface area contributed by atoms with Gasteiger partial charge in [-0.1, -0.05) is 12.2 Å². The Morgan fingerprint density at radius 1 is 1.45 bits per heavy atom. The highest BCUT2D eigenvalue weighted by atomic mass is 32.1. The van der Waals surface area contributed by atoms with Crippen molar-refractivity contribution < 1.29 is 17.9 Å². The summed E-state index contributed by atoms with van der Waals surface area (Å²) in [6, 6.07) is 2.09. The van der Waals surface area contributed by atoms with Crippen molar-refractivity contribution >= 4 is 23.0 Å². The first kappa shape index (κ1) is 16.6. The van der Waals surface area contributed by atoms with Crippen LogP contribution in [0, 0.1) is 0 Å². The van der Waals surface area contributed by atoms with Crippen LogP contribution in [0.5, 0.6) is 0 Å². The van der Waals surface area contributed by atoms with E-state index in [0.717, 1.165) is 6.07 Å². The molecule has 4 nitrogen and oxygen atoms in total. The SMILES string of the molecule is CCOCCCNc1nc(C(F)(F)F)ccc1C(N)=S. The molecular formula is C12H16F3N3OS. The molecule has 0 amide bonds. The van der Waals surface area contributed by atoms with E-state index in [0.29, 0.717) is 31.7 Å². The molecule has 0 spiro atoms. The summed E-state index contributed by atoms with van der Waals surface area (Å²) in [7, 11) is 0. The van der Waals surface area contributed by atoms with E-state index in [4.69, 9.17) is 22.7 Å². The fourth-order valence-corrected chi connectivity index (χ4v) is 1.64. The van der Waals surface area contributed by atoms with E-state index in [-0.39, 0.29) is 10.8 Å². The molecule has 0 aliphatic carbocycles. The highest BCUT2D eigenvalue weighted by Gasteiger charge is 2.33. The smallest absolute Gasteiger partial charge is 0.389 e. The lowest BCUT2D eigenvalue weighted by Crippen LogP contribution is -2.18. The van der Waals surface area contributed by atoms with Crippen LogP contribution in [0.1, 0.15) is 24.6 Å². The number of nitrogens with two attached hydrogens (primary N) is 1. The summed E-state index contributed by atoms with van der Waals surface area (Å²) in [4.78, 5) is 3.54. The van der Waals surface area contributed by atoms with Crippen molar-refractivity contribution in [2.24, 2.45) is 5.73 Å². The number of rotatable bonds is 7. The second-order valence-corrected chi connectivity index (χ2v) is 4.37. The molecular weight excluding hydrogens is 291 g/mol. The first-order valence-corrected chi connectivity index (χ1v) is 6.46. The number of nitrogens with zero attached hydrogens (tertiary/aromatic N) is 1. The van der Waals surface area contributed by atoms with Gasteiger partial charge >= 0.3 is 6.18 Å². The fourth-order valence-electron chi connectivity index (χ4n) is 1.48. The maximum absolute atomic E-state index is 12.6. The lowest BCUT2D eigenvalue weighted by molar-refractivity contribution is -0.141. The molecule has 3 N–H and O–H groups in total. The van der Waals surface area contributed by atoms with Crippen LogP contribution in [-0.4, -0.2) is 29.7 Å². The van der Waals surface area contributed by atoms with E-state index in [1.807, 2.05) is 6.92 Å². The standard InChI is InChI=1S/C12H16F3N3OS/c1-2-19-7-3-6-17-11-8(10(16)20)4-5-9(18-11)12(13,14)15/h4-5H,2-3,6-7H2,1H3,(H2,16,20)(H,17,18). The number of nitrogens with one attached hydrogen (secondary N) is 1. The molecule has 0 aromatic carbocycles. The van der Waals surface area contributed by atoms with Crippen LogP contribution in [-0.2, 0) is 10.9 Å². The normalized spacial score (nSPS) is 11.4. The number of halogens is 3. The molecule has 1 aromatic rings. The zero-order chi connectivity index (χ0) is 15.2. The molecule has 112 valence electrons. The van der Waals surface area contributed by atoms with Crippen LogP contribution >= 0.6 is 12.2 Å². The van der Waals surface area contributed by atoms with Gasteiger partial charge in [-0.15, -0.1) is 0 Å². The first-order valence-electron chi connectivity index (χ1n) is 6.06. The molecule has 1 heterocycles. The predicted molar refractivity (Wildman–Crippen MR) is 74.7 cm³/mol. The van der Waals surface area contributed by atoms with Crippen LogP contribution in [0.3, 0.4) is 0 Å². The molecule has 0 unspecified atom stereocenters. The van der Waals surface area contributed by atoms with E-state index >= 15 is 0 Å². The van der Waals surface area contributed by atoms with Crippen molar-refractivity contribution in [1.29, 1.82) is 0 Å². The number of anilines is 1. The van der Waals surface area contributed by atoms with Gasteiger partial charge in [0.2, 0.25) is 0 Å². The van der Waals surface area contributed by atoms with Gasteiger partial charge < -0.3 is 15.8 Å². The molecule has 0 aliphatic heterocycles. The van der Waals surface area contributed by atoms with Crippen LogP contribution in [0.2, 0.25) is 0 Å². The van der Waals surface area contributed by atoms with Gasteiger partial charge in [-0.2, -0.15) is 13.2 Å². The summed E-state index contributed by atoms with van der Waals surface area (Å²) in [5.74, 6) is 0.0452. The second-order valence-electron chi connectivity index (χ2n) is 3.93. The average molecular weight is 307 g/mol. The van der Waals surface area contributed by atoms with Gasteiger partial charge in [-0.05, 0) is 25.5 Å². The predicted octanol–water partition coefficient (Wildman–Crippen LogP) is 2.57. The number of aromatic nitrogens is 1. The van der Waals surface area contributed by atoms with Gasteiger partial charge in [-0.25, -0.2) is 4.98 Å². The minimum atomic E-state index is -4.50. The second kappa shape index (κ2) is 7.39. The fraction of sp³-hybridized carbons (Fsp3) is 0.500. The molecule has 0 aliphatic rings. The van der Waals surface area contributed by atoms with Crippen LogP contribution < -0.4 is 11.1 Å². The number of ether oxygens (including phenoxy) is 1. The number of thiocarbonyl (C=S) groups is 1. The van der Waals surface area contributed by atoms with Gasteiger partial charge in [0, 0.05) is 19.8 Å². The topological polar surface area (TPSA) is 60.2 Å². The van der Waals surface area contributed by atoms with Gasteiger partial charge in [0.15, 0.2) is 0 Å². The van der Waals surface area contributed by atoms with Crippen molar-refractivity contribution in [1.82, 2.24) is 4.98 Å². The van der Waals surface area contributed by atoms with E-state index < -0.39 is 11.9 Å². The molecule has 8 heteroatoms. The highest BCUT2D eigenvalue weighted by Crippen LogP contribution is 2.29. The van der Waals surface area contributed by atoms with Gasteiger partial charge in [0.25, 0.3) is 0 Å². The molecule has 20 heavy (non-hydrogen) atoms. The Morgan fingerprint density at radius 3 is 2.70 bits per heavy atom. The number of hydrogen-bond acceptors (Lipinski definition) is 4. The maximum atomic E-state index is 12.6. The molecule has 1 rings (SSSR count). The monoisotopic (exact) mass is 307 g/mol. The summed E-state index contributed by atoms with van der Waals surface area (Å²) in [6.45, 7) is 3.40. The van der Waals surface area contributed by atoms with E-state index in [1.54, 1.807) is 0 Å². The molecule has 0 atom stereocenters. The zero-order valence-electron chi connectivity index (χ0n) is 11.0. The third-order valence-electron chi connectivity index (χ3n) is 2.41. The van der Waals surface area contributed by atoms with E-state index in [1.165, 1.54) is 6.07 Å². The Morgan fingerprint density at radius 2 is 2.15 bits per heavy atom. The minimum Gasteiger partial charge on any atom is -0.389 e. The van der Waals surface area contributed by atoms with E-state index in [2.05, 4.69) is 10.3 Å². The molecule has 1 aromatic heterocycles. The Kier molecular flexibility index (Phi) is 6.15. The van der Waals surface area contributed by atoms with Crippen molar-refractivity contribution in [2.75, 3.05) is 25.1 Å². The first-order chi connectivity index (χ1) is 9.36. The van der Waals surface area contributed by atoms with Crippen molar-refractivity contribution in [3.05, 3.63) is 23.4 Å². The van der Waals surface area contributed by atoms with Crippen LogP contribution in [0.15, 0.2) is 12.1 Å². The number of alkyl halides is 3. The molecule has 0 saturated carbocycles. The Labute approximate surface area is 120 Å². The molecule has 0 saturated heterocycles. The maximum Gasteiger partial charge on any atom is 0.433 e. The summed E-state index contributed by atoms with van der Waals surface area (Å²) < 4.78 is 43.0. The van der Waals surface area contributed by atoms with Crippen LogP contribution in [0.25, 0.3) is 0 Å². The van der Waals surface area contributed by atoms with E-state index in [9.17, 15) is 13.2 Å². The lowest BCUT2D eigenvalue weighted by atomic mass is 10.2. The molecule has 0 bridgehead atoms. The average Bonchev–Trinajstić information content (AvgIpc) is 2.37. The van der Waals surface area contributed by atoms with Crippen molar-refractivity contribution in [3.63, 3.8) is 0 Å². The third kappa shape index (κ3) is 4.93. The number of hydrogen-bond donors (Lipinski definition) is 2. The summed E-state index contributed by atoms with van der Waals surface area (Å²) in [5.41, 5.74) is 4.79. The van der Waals surface area contributed by atoms with Crippen molar-refractivity contribution in [3.8, 4) is 0 Å². The highest BCUT2D eigenvalue weighted by molar-refractivity contribution is 7.80. The van der Waals surface area contributed by atoms with Crippen LogP contribution in [0.4, 0.5) is 19.0 Å². The third-order valence-corrected chi connectivity index (χ3v) is 2.63. The Balaban J connectivity index is 2.81. The summed E-state index contributed by atoms with van der Waals surface area (Å²) in [6.07, 6.45) is -3.86. The Bertz CT molecular complexity index is 466. The lowest BCUT2D eigenvalue weighted by Gasteiger charge is -2.13. The summed E-state index contributed by atoms with van der Waals surface area (Å²) >= 11 is 4.80. The van der Waals surface area contributed by atoms with Crippen molar-refractivity contribution in [2.45, 2.75) is 19.5 Å². The molecule has 0 fully saturated rings. The quantitative estimate of drug-likeness (QED) is 0.599. The summed E-state index contributed by atoms with van der Waals surface area (Å²) in [5, 5.41) is 2.81. The molecule has 0 radical (unpaired) electrons. The zero-order valence-corrected chi connectivity index (χ0v) is 11.8. The largest absolute Gasteiger partial charge is 0.433 e. The van der Waals surface area contributed by atoms with Gasteiger partial charge in [-0.3, -0.25) is 0 Å². The number of pyridine rings is 1. The minimum absolute atomic E-state index is 0.00136.